The number of carbonyl (C=O) groups is 1. The normalized spacial score (nSPS) is 25.6. The molecule has 1 saturated heterocycles. The van der Waals surface area contributed by atoms with Crippen LogP contribution in [0.4, 0.5) is 5.00 Å². The molecule has 3 rings (SSSR count). The Morgan fingerprint density at radius 3 is 2.71 bits per heavy atom. The van der Waals surface area contributed by atoms with Crippen LogP contribution in [0.5, 0.6) is 0 Å². The lowest BCUT2D eigenvalue weighted by Crippen LogP contribution is -2.33. The van der Waals surface area contributed by atoms with E-state index in [1.807, 2.05) is 6.07 Å². The first-order valence-electron chi connectivity index (χ1n) is 6.70. The highest BCUT2D eigenvalue weighted by atomic mass is 32.1. The van der Waals surface area contributed by atoms with E-state index in [9.17, 15) is 4.79 Å². The van der Waals surface area contributed by atoms with Crippen LogP contribution in [0, 0.1) is 5.92 Å². The predicted octanol–water partition coefficient (Wildman–Crippen LogP) is 3.72. The first kappa shape index (κ1) is 11.3. The van der Waals surface area contributed by atoms with Crippen molar-refractivity contribution in [2.45, 2.75) is 44.6 Å². The van der Waals surface area contributed by atoms with Gasteiger partial charge in [-0.1, -0.05) is 12.8 Å². The highest BCUT2D eigenvalue weighted by Crippen LogP contribution is 2.39. The predicted molar refractivity (Wildman–Crippen MR) is 72.0 cm³/mol. The zero-order valence-corrected chi connectivity index (χ0v) is 10.9. The largest absolute Gasteiger partial charge is 0.360 e. The summed E-state index contributed by atoms with van der Waals surface area (Å²) in [5.41, 5.74) is 0. The molecule has 1 unspecified atom stereocenters. The summed E-state index contributed by atoms with van der Waals surface area (Å²) in [4.78, 5) is 14.2. The highest BCUT2D eigenvalue weighted by Gasteiger charge is 2.33. The van der Waals surface area contributed by atoms with Gasteiger partial charge in [-0.15, -0.1) is 11.3 Å². The Hall–Kier alpha value is -0.830. The first-order valence-corrected chi connectivity index (χ1v) is 7.52. The van der Waals surface area contributed by atoms with Crippen molar-refractivity contribution in [2.24, 2.45) is 5.92 Å². The van der Waals surface area contributed by atoms with Crippen LogP contribution in [0.1, 0.15) is 48.2 Å². The number of hydrogen-bond acceptors (Lipinski definition) is 3. The SMILES string of the molecule is O=Cc1ccc(N2CCCC2C2CCCC2)s1. The quantitative estimate of drug-likeness (QED) is 0.761. The Morgan fingerprint density at radius 2 is 2.00 bits per heavy atom. The number of hydrogen-bond donors (Lipinski definition) is 0. The molecule has 0 bridgehead atoms. The van der Waals surface area contributed by atoms with E-state index < -0.39 is 0 Å². The van der Waals surface area contributed by atoms with Crippen LogP contribution in [0.15, 0.2) is 12.1 Å². The van der Waals surface area contributed by atoms with Crippen molar-refractivity contribution in [3.05, 3.63) is 17.0 Å². The summed E-state index contributed by atoms with van der Waals surface area (Å²) in [7, 11) is 0. The highest BCUT2D eigenvalue weighted by molar-refractivity contribution is 7.17. The minimum absolute atomic E-state index is 0.746. The van der Waals surface area contributed by atoms with Crippen LogP contribution in [0.2, 0.25) is 0 Å². The van der Waals surface area contributed by atoms with Crippen molar-refractivity contribution < 1.29 is 4.79 Å². The van der Waals surface area contributed by atoms with Crippen LogP contribution in [0.3, 0.4) is 0 Å². The van der Waals surface area contributed by atoms with Crippen LogP contribution in [-0.4, -0.2) is 18.9 Å². The molecule has 1 atom stereocenters. The van der Waals surface area contributed by atoms with E-state index in [0.29, 0.717) is 0 Å². The van der Waals surface area contributed by atoms with Gasteiger partial charge in [0.25, 0.3) is 0 Å². The van der Waals surface area contributed by atoms with E-state index >= 15 is 0 Å². The van der Waals surface area contributed by atoms with Gasteiger partial charge in [0.05, 0.1) is 9.88 Å². The molecule has 1 aliphatic heterocycles. The van der Waals surface area contributed by atoms with Gasteiger partial charge in [-0.25, -0.2) is 0 Å². The molecular weight excluding hydrogens is 230 g/mol. The summed E-state index contributed by atoms with van der Waals surface area (Å²) in [5.74, 6) is 0.902. The van der Waals surface area contributed by atoms with E-state index in [1.54, 1.807) is 11.3 Å². The van der Waals surface area contributed by atoms with Gasteiger partial charge in [-0.2, -0.15) is 0 Å². The maximum absolute atomic E-state index is 10.8. The van der Waals surface area contributed by atoms with Gasteiger partial charge in [0.15, 0.2) is 6.29 Å². The number of aldehydes is 1. The summed E-state index contributed by atoms with van der Waals surface area (Å²) < 4.78 is 0. The molecule has 2 nitrogen and oxygen atoms in total. The van der Waals surface area contributed by atoms with E-state index in [0.717, 1.165) is 23.1 Å². The number of carbonyl (C=O) groups excluding carboxylic acids is 1. The average molecular weight is 249 g/mol. The Balaban J connectivity index is 1.78. The van der Waals surface area contributed by atoms with Crippen LogP contribution < -0.4 is 4.90 Å². The van der Waals surface area contributed by atoms with Crippen molar-refractivity contribution >= 4 is 22.6 Å². The maximum atomic E-state index is 10.8. The topological polar surface area (TPSA) is 20.3 Å². The Kier molecular flexibility index (Phi) is 3.19. The lowest BCUT2D eigenvalue weighted by atomic mass is 9.96. The van der Waals surface area contributed by atoms with Crippen LogP contribution in [0.25, 0.3) is 0 Å². The summed E-state index contributed by atoms with van der Waals surface area (Å²) in [6.07, 6.45) is 9.28. The molecule has 2 aliphatic rings. The van der Waals surface area contributed by atoms with Gasteiger partial charge in [0.2, 0.25) is 0 Å². The zero-order chi connectivity index (χ0) is 11.7. The minimum Gasteiger partial charge on any atom is -0.360 e. The second kappa shape index (κ2) is 4.81. The Labute approximate surface area is 107 Å². The molecule has 1 saturated carbocycles. The maximum Gasteiger partial charge on any atom is 0.160 e. The molecule has 2 fully saturated rings. The average Bonchev–Trinajstić information content (AvgIpc) is 3.09. The number of anilines is 1. The fourth-order valence-electron chi connectivity index (χ4n) is 3.46. The van der Waals surface area contributed by atoms with Gasteiger partial charge >= 0.3 is 0 Å². The van der Waals surface area contributed by atoms with E-state index in [4.69, 9.17) is 0 Å². The number of rotatable bonds is 3. The number of thiophene rings is 1. The van der Waals surface area contributed by atoms with Crippen LogP contribution in [-0.2, 0) is 0 Å². The molecule has 3 heteroatoms. The van der Waals surface area contributed by atoms with Gasteiger partial charge in [-0.3, -0.25) is 4.79 Å². The lowest BCUT2D eigenvalue weighted by molar-refractivity contribution is 0.112. The Bertz CT molecular complexity index is 395. The molecule has 0 spiro atoms. The molecule has 0 amide bonds. The van der Waals surface area contributed by atoms with Crippen molar-refractivity contribution in [1.29, 1.82) is 0 Å². The van der Waals surface area contributed by atoms with Gasteiger partial charge < -0.3 is 4.90 Å². The second-order valence-corrected chi connectivity index (χ2v) is 6.34. The monoisotopic (exact) mass is 249 g/mol. The molecule has 0 aromatic carbocycles. The molecule has 17 heavy (non-hydrogen) atoms. The number of nitrogens with zero attached hydrogens (tertiary/aromatic N) is 1. The molecule has 0 radical (unpaired) electrons. The Morgan fingerprint density at radius 1 is 1.18 bits per heavy atom. The van der Waals surface area contributed by atoms with Crippen LogP contribution >= 0.6 is 11.3 Å². The molecule has 1 aliphatic carbocycles. The van der Waals surface area contributed by atoms with Crippen molar-refractivity contribution in [3.63, 3.8) is 0 Å². The minimum atomic E-state index is 0.746. The van der Waals surface area contributed by atoms with E-state index in [2.05, 4.69) is 11.0 Å². The van der Waals surface area contributed by atoms with E-state index in [1.165, 1.54) is 50.1 Å². The third-order valence-corrected chi connectivity index (χ3v) is 5.30. The fraction of sp³-hybridized carbons (Fsp3) is 0.643. The van der Waals surface area contributed by atoms with Gasteiger partial charge in [-0.05, 0) is 43.7 Å². The summed E-state index contributed by atoms with van der Waals surface area (Å²) in [6.45, 7) is 1.18. The molecule has 1 aromatic heterocycles. The summed E-state index contributed by atoms with van der Waals surface area (Å²) in [5, 5.41) is 1.31. The summed E-state index contributed by atoms with van der Waals surface area (Å²) in [6, 6.07) is 4.83. The fourth-order valence-corrected chi connectivity index (χ4v) is 4.36. The molecule has 2 heterocycles. The lowest BCUT2D eigenvalue weighted by Gasteiger charge is -2.30. The molecule has 92 valence electrons. The third kappa shape index (κ3) is 2.13. The van der Waals surface area contributed by atoms with Crippen molar-refractivity contribution in [1.82, 2.24) is 0 Å². The third-order valence-electron chi connectivity index (χ3n) is 4.26. The van der Waals surface area contributed by atoms with Gasteiger partial charge in [0.1, 0.15) is 0 Å². The van der Waals surface area contributed by atoms with E-state index in [-0.39, 0.29) is 0 Å². The molecule has 0 N–H and O–H groups in total. The smallest absolute Gasteiger partial charge is 0.160 e. The molecule has 1 aromatic rings. The van der Waals surface area contributed by atoms with Crippen molar-refractivity contribution in [2.75, 3.05) is 11.4 Å². The van der Waals surface area contributed by atoms with Gasteiger partial charge in [0, 0.05) is 12.6 Å². The first-order chi connectivity index (χ1) is 8.38. The standard InChI is InChI=1S/C14H19NOS/c16-10-12-7-8-14(17-12)15-9-3-6-13(15)11-4-1-2-5-11/h7-8,10-11,13H,1-6,9H2. The summed E-state index contributed by atoms with van der Waals surface area (Å²) >= 11 is 1.65. The second-order valence-electron chi connectivity index (χ2n) is 5.24. The van der Waals surface area contributed by atoms with Crippen molar-refractivity contribution in [3.8, 4) is 0 Å². The molecular formula is C14H19NOS. The zero-order valence-electron chi connectivity index (χ0n) is 10.1.